The molecule has 0 heterocycles. The standard InChI is InChI=1S/C14H10FNS/c1-10-8-13(6-7-14(10)15)17-12-4-2-11(9-16)3-5-12/h2-8H,1H3. The van der Waals surface area contributed by atoms with Gasteiger partial charge in [-0.3, -0.25) is 0 Å². The molecule has 0 fully saturated rings. The van der Waals surface area contributed by atoms with E-state index in [1.807, 2.05) is 18.2 Å². The second kappa shape index (κ2) is 5.03. The summed E-state index contributed by atoms with van der Waals surface area (Å²) in [5, 5.41) is 8.69. The first kappa shape index (κ1) is 11.7. The maximum atomic E-state index is 13.1. The van der Waals surface area contributed by atoms with Crippen molar-refractivity contribution < 1.29 is 4.39 Å². The van der Waals surface area contributed by atoms with Gasteiger partial charge in [-0.2, -0.15) is 5.26 Å². The van der Waals surface area contributed by atoms with E-state index in [4.69, 9.17) is 5.26 Å². The Labute approximate surface area is 104 Å². The number of benzene rings is 2. The van der Waals surface area contributed by atoms with E-state index in [9.17, 15) is 4.39 Å². The van der Waals surface area contributed by atoms with Gasteiger partial charge in [-0.05, 0) is 55.0 Å². The first-order chi connectivity index (χ1) is 8.19. The number of nitrogens with zero attached hydrogens (tertiary/aromatic N) is 1. The molecule has 0 aliphatic heterocycles. The molecule has 0 saturated heterocycles. The van der Waals surface area contributed by atoms with Gasteiger partial charge in [-0.1, -0.05) is 11.8 Å². The molecule has 0 bridgehead atoms. The summed E-state index contributed by atoms with van der Waals surface area (Å²) in [6.07, 6.45) is 0. The first-order valence-electron chi connectivity index (χ1n) is 5.13. The Balaban J connectivity index is 2.20. The van der Waals surface area contributed by atoms with Gasteiger partial charge >= 0.3 is 0 Å². The third kappa shape index (κ3) is 2.86. The molecule has 2 aromatic rings. The molecule has 17 heavy (non-hydrogen) atoms. The van der Waals surface area contributed by atoms with E-state index in [-0.39, 0.29) is 5.82 Å². The van der Waals surface area contributed by atoms with Crippen LogP contribution in [0.4, 0.5) is 4.39 Å². The molecule has 1 nitrogen and oxygen atoms in total. The topological polar surface area (TPSA) is 23.8 Å². The van der Waals surface area contributed by atoms with E-state index in [0.717, 1.165) is 9.79 Å². The van der Waals surface area contributed by atoms with Crippen LogP contribution in [0.1, 0.15) is 11.1 Å². The normalized spacial score (nSPS) is 9.94. The lowest BCUT2D eigenvalue weighted by atomic mass is 10.2. The van der Waals surface area contributed by atoms with Crippen LogP contribution in [0.2, 0.25) is 0 Å². The van der Waals surface area contributed by atoms with Crippen molar-refractivity contribution in [1.29, 1.82) is 5.26 Å². The Kier molecular flexibility index (Phi) is 3.46. The van der Waals surface area contributed by atoms with Crippen molar-refractivity contribution in [2.45, 2.75) is 16.7 Å². The molecule has 0 atom stereocenters. The molecular formula is C14H10FNS. The lowest BCUT2D eigenvalue weighted by molar-refractivity contribution is 0.617. The summed E-state index contributed by atoms with van der Waals surface area (Å²) in [6.45, 7) is 1.75. The summed E-state index contributed by atoms with van der Waals surface area (Å²) in [5.41, 5.74) is 1.29. The summed E-state index contributed by atoms with van der Waals surface area (Å²) in [7, 11) is 0. The fourth-order valence-electron chi connectivity index (χ4n) is 1.41. The smallest absolute Gasteiger partial charge is 0.126 e. The number of hydrogen-bond acceptors (Lipinski definition) is 2. The maximum Gasteiger partial charge on any atom is 0.126 e. The summed E-state index contributed by atoms with van der Waals surface area (Å²) >= 11 is 1.55. The number of nitriles is 1. The highest BCUT2D eigenvalue weighted by atomic mass is 32.2. The molecule has 2 aromatic carbocycles. The molecule has 0 amide bonds. The first-order valence-corrected chi connectivity index (χ1v) is 5.95. The molecule has 2 rings (SSSR count). The van der Waals surface area contributed by atoms with Crippen molar-refractivity contribution in [2.75, 3.05) is 0 Å². The van der Waals surface area contributed by atoms with Crippen LogP contribution in [-0.2, 0) is 0 Å². The van der Waals surface area contributed by atoms with Crippen molar-refractivity contribution in [2.24, 2.45) is 0 Å². The van der Waals surface area contributed by atoms with E-state index in [2.05, 4.69) is 6.07 Å². The molecule has 3 heteroatoms. The van der Waals surface area contributed by atoms with Crippen LogP contribution >= 0.6 is 11.8 Å². The molecule has 0 aromatic heterocycles. The molecule has 0 N–H and O–H groups in total. The minimum absolute atomic E-state index is 0.186. The highest BCUT2D eigenvalue weighted by molar-refractivity contribution is 7.99. The molecule has 0 aliphatic rings. The van der Waals surface area contributed by atoms with Gasteiger partial charge in [-0.15, -0.1) is 0 Å². The third-order valence-electron chi connectivity index (χ3n) is 2.35. The molecule has 0 spiro atoms. The van der Waals surface area contributed by atoms with Gasteiger partial charge in [0.1, 0.15) is 5.82 Å². The van der Waals surface area contributed by atoms with Gasteiger partial charge in [0.15, 0.2) is 0 Å². The summed E-state index contributed by atoms with van der Waals surface area (Å²) < 4.78 is 13.1. The zero-order chi connectivity index (χ0) is 12.3. The molecule has 0 saturated carbocycles. The minimum Gasteiger partial charge on any atom is -0.207 e. The van der Waals surface area contributed by atoms with Crippen molar-refractivity contribution in [3.63, 3.8) is 0 Å². The molecule has 0 radical (unpaired) electrons. The summed E-state index contributed by atoms with van der Waals surface area (Å²) in [4.78, 5) is 2.03. The summed E-state index contributed by atoms with van der Waals surface area (Å²) in [6, 6.07) is 14.5. The van der Waals surface area contributed by atoms with Gasteiger partial charge in [0.05, 0.1) is 11.6 Å². The molecular weight excluding hydrogens is 233 g/mol. The Bertz CT molecular complexity index is 570. The maximum absolute atomic E-state index is 13.1. The van der Waals surface area contributed by atoms with E-state index in [1.165, 1.54) is 6.07 Å². The molecule has 84 valence electrons. The van der Waals surface area contributed by atoms with Gasteiger partial charge in [-0.25, -0.2) is 4.39 Å². The van der Waals surface area contributed by atoms with Crippen molar-refractivity contribution in [3.05, 3.63) is 59.4 Å². The van der Waals surface area contributed by atoms with Crippen LogP contribution < -0.4 is 0 Å². The number of aryl methyl sites for hydroxylation is 1. The lowest BCUT2D eigenvalue weighted by Crippen LogP contribution is -1.82. The van der Waals surface area contributed by atoms with E-state index in [1.54, 1.807) is 36.9 Å². The van der Waals surface area contributed by atoms with Gasteiger partial charge in [0, 0.05) is 9.79 Å². The minimum atomic E-state index is -0.186. The van der Waals surface area contributed by atoms with Crippen LogP contribution in [0.5, 0.6) is 0 Å². The van der Waals surface area contributed by atoms with Crippen LogP contribution in [0.25, 0.3) is 0 Å². The fraction of sp³-hybridized carbons (Fsp3) is 0.0714. The van der Waals surface area contributed by atoms with Crippen molar-refractivity contribution in [1.82, 2.24) is 0 Å². The Morgan fingerprint density at radius 2 is 1.71 bits per heavy atom. The van der Waals surface area contributed by atoms with E-state index >= 15 is 0 Å². The van der Waals surface area contributed by atoms with Crippen molar-refractivity contribution in [3.8, 4) is 6.07 Å². The van der Waals surface area contributed by atoms with Gasteiger partial charge < -0.3 is 0 Å². The number of hydrogen-bond donors (Lipinski definition) is 0. The van der Waals surface area contributed by atoms with Crippen LogP contribution in [0.3, 0.4) is 0 Å². The second-order valence-corrected chi connectivity index (χ2v) is 4.80. The second-order valence-electron chi connectivity index (χ2n) is 3.65. The lowest BCUT2D eigenvalue weighted by Gasteiger charge is -2.03. The van der Waals surface area contributed by atoms with Gasteiger partial charge in [0.2, 0.25) is 0 Å². The molecule has 0 unspecified atom stereocenters. The SMILES string of the molecule is Cc1cc(Sc2ccc(C#N)cc2)ccc1F. The predicted octanol–water partition coefficient (Wildman–Crippen LogP) is 4.16. The number of rotatable bonds is 2. The average molecular weight is 243 g/mol. The van der Waals surface area contributed by atoms with E-state index < -0.39 is 0 Å². The Morgan fingerprint density at radius 1 is 1.06 bits per heavy atom. The van der Waals surface area contributed by atoms with Crippen LogP contribution in [-0.4, -0.2) is 0 Å². The highest BCUT2D eigenvalue weighted by Gasteiger charge is 2.01. The largest absolute Gasteiger partial charge is 0.207 e. The Hall–Kier alpha value is -1.79. The third-order valence-corrected chi connectivity index (χ3v) is 3.35. The van der Waals surface area contributed by atoms with Crippen LogP contribution in [0, 0.1) is 24.1 Å². The zero-order valence-corrected chi connectivity index (χ0v) is 10.1. The monoisotopic (exact) mass is 243 g/mol. The average Bonchev–Trinajstić information content (AvgIpc) is 2.35. The van der Waals surface area contributed by atoms with Gasteiger partial charge in [0.25, 0.3) is 0 Å². The van der Waals surface area contributed by atoms with Crippen LogP contribution in [0.15, 0.2) is 52.3 Å². The highest BCUT2D eigenvalue weighted by Crippen LogP contribution is 2.28. The predicted molar refractivity (Wildman–Crippen MR) is 66.4 cm³/mol. The molecule has 0 aliphatic carbocycles. The number of halogens is 1. The summed E-state index contributed by atoms with van der Waals surface area (Å²) in [5.74, 6) is -0.186. The quantitative estimate of drug-likeness (QED) is 0.790. The van der Waals surface area contributed by atoms with Crippen molar-refractivity contribution >= 4 is 11.8 Å². The Morgan fingerprint density at radius 3 is 2.29 bits per heavy atom. The zero-order valence-electron chi connectivity index (χ0n) is 9.27. The fourth-order valence-corrected chi connectivity index (χ4v) is 2.33. The van der Waals surface area contributed by atoms with E-state index in [0.29, 0.717) is 11.1 Å².